The first-order valence-corrected chi connectivity index (χ1v) is 8.04. The van der Waals surface area contributed by atoms with E-state index in [0.717, 1.165) is 6.42 Å². The zero-order chi connectivity index (χ0) is 16.3. The van der Waals surface area contributed by atoms with Crippen molar-refractivity contribution in [1.29, 1.82) is 0 Å². The number of ketones is 1. The molecule has 0 N–H and O–H groups in total. The molecule has 2 heterocycles. The van der Waals surface area contributed by atoms with Crippen molar-refractivity contribution >= 4 is 11.9 Å². The van der Waals surface area contributed by atoms with E-state index in [2.05, 4.69) is 6.58 Å². The summed E-state index contributed by atoms with van der Waals surface area (Å²) in [5.74, 6) is 0.304. The predicted octanol–water partition coefficient (Wildman–Crippen LogP) is 2.94. The van der Waals surface area contributed by atoms with Gasteiger partial charge >= 0.3 is 6.09 Å². The van der Waals surface area contributed by atoms with Crippen LogP contribution >= 0.6 is 0 Å². The molecule has 22 heavy (non-hydrogen) atoms. The van der Waals surface area contributed by atoms with Crippen LogP contribution in [0.15, 0.2) is 12.7 Å². The number of piperidine rings is 1. The molecule has 0 spiro atoms. The molecule has 0 aliphatic carbocycles. The molecule has 1 amide bonds. The zero-order valence-corrected chi connectivity index (χ0v) is 13.8. The van der Waals surface area contributed by atoms with Crippen molar-refractivity contribution in [2.75, 3.05) is 13.2 Å². The van der Waals surface area contributed by atoms with Gasteiger partial charge in [0, 0.05) is 12.3 Å². The number of carbonyl (C=O) groups excluding carboxylic acids is 2. The molecular weight excluding hydrogens is 282 g/mol. The normalized spacial score (nSPS) is 28.1. The molecule has 2 saturated heterocycles. The van der Waals surface area contributed by atoms with E-state index in [1.807, 2.05) is 20.8 Å². The van der Waals surface area contributed by atoms with E-state index in [4.69, 9.17) is 9.47 Å². The number of allylic oxidation sites excluding steroid dienone is 1. The first-order chi connectivity index (χ1) is 10.3. The molecule has 5 nitrogen and oxygen atoms in total. The van der Waals surface area contributed by atoms with Crippen LogP contribution in [0.5, 0.6) is 0 Å². The van der Waals surface area contributed by atoms with E-state index in [0.29, 0.717) is 32.5 Å². The Morgan fingerprint density at radius 1 is 1.27 bits per heavy atom. The summed E-state index contributed by atoms with van der Waals surface area (Å²) < 4.78 is 11.1. The molecule has 2 aliphatic rings. The quantitative estimate of drug-likeness (QED) is 0.749. The van der Waals surface area contributed by atoms with Crippen molar-refractivity contribution in [1.82, 2.24) is 4.90 Å². The average molecular weight is 309 g/mol. The van der Waals surface area contributed by atoms with Crippen LogP contribution in [0.3, 0.4) is 0 Å². The monoisotopic (exact) mass is 309 g/mol. The number of nitrogens with zero attached hydrogens (tertiary/aromatic N) is 1. The van der Waals surface area contributed by atoms with Gasteiger partial charge in [-0.15, -0.1) is 6.58 Å². The van der Waals surface area contributed by atoms with E-state index in [1.165, 1.54) is 0 Å². The number of Topliss-reactive ketones (excluding diaryl/α,β-unsaturated/α-hetero) is 1. The maximum absolute atomic E-state index is 12.4. The summed E-state index contributed by atoms with van der Waals surface area (Å²) in [6.45, 7) is 10.2. The van der Waals surface area contributed by atoms with Gasteiger partial charge in [0.1, 0.15) is 11.4 Å². The highest BCUT2D eigenvalue weighted by molar-refractivity contribution is 5.81. The average Bonchev–Trinajstić information content (AvgIpc) is 2.41. The van der Waals surface area contributed by atoms with Gasteiger partial charge in [0.2, 0.25) is 0 Å². The first-order valence-electron chi connectivity index (χ1n) is 8.04. The number of carbonyl (C=O) groups is 2. The third-order valence-corrected chi connectivity index (χ3v) is 4.17. The molecule has 0 aromatic carbocycles. The van der Waals surface area contributed by atoms with Crippen LogP contribution in [0.25, 0.3) is 0 Å². The smallest absolute Gasteiger partial charge is 0.410 e. The topological polar surface area (TPSA) is 55.8 Å². The first kappa shape index (κ1) is 17.0. The standard InChI is InChI=1S/C17H27NO4/c1-5-6-7-15(19)12-8-13-10-21-11-14(9-12)18(13)16(20)22-17(2,3)4/h5,12-14H,1,6-11H2,2-4H3. The minimum atomic E-state index is -0.511. The fourth-order valence-corrected chi connectivity index (χ4v) is 3.24. The molecule has 0 aromatic rings. The number of fused-ring (bicyclic) bond motifs is 2. The summed E-state index contributed by atoms with van der Waals surface area (Å²) in [5.41, 5.74) is -0.511. The molecule has 124 valence electrons. The second-order valence-electron chi connectivity index (χ2n) is 7.19. The molecule has 2 rings (SSSR count). The van der Waals surface area contributed by atoms with Crippen LogP contribution in [0.2, 0.25) is 0 Å². The van der Waals surface area contributed by atoms with Crippen LogP contribution in [0.1, 0.15) is 46.5 Å². The number of amides is 1. The third kappa shape index (κ3) is 4.09. The fraction of sp³-hybridized carbons (Fsp3) is 0.765. The van der Waals surface area contributed by atoms with Gasteiger partial charge in [0.15, 0.2) is 0 Å². The maximum Gasteiger partial charge on any atom is 0.410 e. The second-order valence-corrected chi connectivity index (χ2v) is 7.19. The number of rotatable bonds is 4. The van der Waals surface area contributed by atoms with Crippen LogP contribution in [-0.2, 0) is 14.3 Å². The number of hydrogen-bond donors (Lipinski definition) is 0. The molecule has 2 bridgehead atoms. The lowest BCUT2D eigenvalue weighted by Gasteiger charge is -2.47. The fourth-order valence-electron chi connectivity index (χ4n) is 3.24. The van der Waals surface area contributed by atoms with Crippen LogP contribution < -0.4 is 0 Å². The highest BCUT2D eigenvalue weighted by Crippen LogP contribution is 2.34. The van der Waals surface area contributed by atoms with Crippen molar-refractivity contribution in [3.63, 3.8) is 0 Å². The number of ether oxygens (including phenoxy) is 2. The van der Waals surface area contributed by atoms with Gasteiger partial charge in [-0.05, 0) is 40.0 Å². The van der Waals surface area contributed by atoms with Crippen molar-refractivity contribution < 1.29 is 19.1 Å². The Bertz CT molecular complexity index is 426. The van der Waals surface area contributed by atoms with E-state index in [-0.39, 0.29) is 29.9 Å². The predicted molar refractivity (Wildman–Crippen MR) is 83.6 cm³/mol. The molecule has 0 saturated carbocycles. The van der Waals surface area contributed by atoms with Gasteiger partial charge in [-0.3, -0.25) is 9.69 Å². The summed E-state index contributed by atoms with van der Waals surface area (Å²) in [6, 6.07) is -0.111. The van der Waals surface area contributed by atoms with Gasteiger partial charge in [-0.25, -0.2) is 4.79 Å². The molecule has 0 aromatic heterocycles. The molecule has 2 atom stereocenters. The molecule has 5 heteroatoms. The van der Waals surface area contributed by atoms with Gasteiger partial charge < -0.3 is 9.47 Å². The minimum absolute atomic E-state index is 0.0255. The van der Waals surface area contributed by atoms with Gasteiger partial charge in [0.25, 0.3) is 0 Å². The van der Waals surface area contributed by atoms with Crippen molar-refractivity contribution in [3.05, 3.63) is 12.7 Å². The Kier molecular flexibility index (Phi) is 5.27. The number of hydrogen-bond acceptors (Lipinski definition) is 4. The van der Waals surface area contributed by atoms with Crippen molar-refractivity contribution in [2.45, 2.75) is 64.1 Å². The minimum Gasteiger partial charge on any atom is -0.444 e. The molecule has 0 radical (unpaired) electrons. The zero-order valence-electron chi connectivity index (χ0n) is 13.8. The Hall–Kier alpha value is -1.36. The summed E-state index contributed by atoms with van der Waals surface area (Å²) >= 11 is 0. The van der Waals surface area contributed by atoms with Crippen LogP contribution in [0.4, 0.5) is 4.79 Å². The van der Waals surface area contributed by atoms with E-state index < -0.39 is 5.60 Å². The lowest BCUT2D eigenvalue weighted by molar-refractivity contribution is -0.132. The summed E-state index contributed by atoms with van der Waals surface area (Å²) in [5, 5.41) is 0. The molecular formula is C17H27NO4. The Morgan fingerprint density at radius 2 is 1.86 bits per heavy atom. The summed E-state index contributed by atoms with van der Waals surface area (Å²) in [7, 11) is 0. The molecule has 2 unspecified atom stereocenters. The second kappa shape index (κ2) is 6.82. The van der Waals surface area contributed by atoms with E-state index in [9.17, 15) is 9.59 Å². The Balaban J connectivity index is 2.03. The van der Waals surface area contributed by atoms with Crippen molar-refractivity contribution in [3.8, 4) is 0 Å². The van der Waals surface area contributed by atoms with Gasteiger partial charge in [-0.2, -0.15) is 0 Å². The van der Waals surface area contributed by atoms with Gasteiger partial charge in [-0.1, -0.05) is 6.08 Å². The lowest BCUT2D eigenvalue weighted by Crippen LogP contribution is -2.60. The van der Waals surface area contributed by atoms with E-state index in [1.54, 1.807) is 11.0 Å². The molecule has 2 fully saturated rings. The van der Waals surface area contributed by atoms with E-state index >= 15 is 0 Å². The van der Waals surface area contributed by atoms with Crippen molar-refractivity contribution in [2.24, 2.45) is 5.92 Å². The highest BCUT2D eigenvalue weighted by atomic mass is 16.6. The summed E-state index contributed by atoms with van der Waals surface area (Å²) in [6.07, 6.45) is 4.09. The largest absolute Gasteiger partial charge is 0.444 e. The lowest BCUT2D eigenvalue weighted by atomic mass is 9.81. The Morgan fingerprint density at radius 3 is 2.36 bits per heavy atom. The van der Waals surface area contributed by atoms with Gasteiger partial charge in [0.05, 0.1) is 25.3 Å². The maximum atomic E-state index is 12.4. The Labute approximate surface area is 132 Å². The molecule has 2 aliphatic heterocycles. The van der Waals surface area contributed by atoms with Crippen LogP contribution in [-0.4, -0.2) is 47.7 Å². The van der Waals surface area contributed by atoms with Crippen LogP contribution in [0, 0.1) is 5.92 Å². The SMILES string of the molecule is C=CCCC(=O)C1CC2COCC(C1)N2C(=O)OC(C)(C)C. The third-order valence-electron chi connectivity index (χ3n) is 4.17. The number of morpholine rings is 1. The highest BCUT2D eigenvalue weighted by Gasteiger charge is 2.44. The summed E-state index contributed by atoms with van der Waals surface area (Å²) in [4.78, 5) is 26.5.